The molecule has 0 radical (unpaired) electrons. The van der Waals surface area contributed by atoms with Gasteiger partial charge in [0.25, 0.3) is 0 Å². The predicted octanol–water partition coefficient (Wildman–Crippen LogP) is 1.05. The third-order valence-corrected chi connectivity index (χ3v) is 4.64. The Balaban J connectivity index is 2.09. The molecule has 0 unspecified atom stereocenters. The number of piperazine rings is 1. The number of amides is 2. The van der Waals surface area contributed by atoms with Crippen LogP contribution in [0.3, 0.4) is 0 Å². The van der Waals surface area contributed by atoms with E-state index in [9.17, 15) is 19.5 Å². The standard InChI is InChI=1S/C16H18N2O4/c19-13-14(20)18(10-9-17-13)12-6-2-1-5-11(12)16(15(21)22)7-3-4-8-16/h1-2,5-6H,3-4,7-10H2,(H,17,19)(H,21,22). The summed E-state index contributed by atoms with van der Waals surface area (Å²) < 4.78 is 0. The van der Waals surface area contributed by atoms with Gasteiger partial charge in [0.1, 0.15) is 0 Å². The van der Waals surface area contributed by atoms with Gasteiger partial charge in [0.15, 0.2) is 0 Å². The van der Waals surface area contributed by atoms with Crippen molar-refractivity contribution in [1.82, 2.24) is 5.32 Å². The second-order valence-corrected chi connectivity index (χ2v) is 5.82. The second-order valence-electron chi connectivity index (χ2n) is 5.82. The Labute approximate surface area is 128 Å². The lowest BCUT2D eigenvalue weighted by Gasteiger charge is -2.33. The average Bonchev–Trinajstić information content (AvgIpc) is 3.01. The maximum Gasteiger partial charge on any atom is 0.316 e. The molecular formula is C16H18N2O4. The SMILES string of the molecule is O=C1NCCN(c2ccccc2C2(C(=O)O)CCCC2)C1=O. The molecule has 1 aromatic rings. The Bertz CT molecular complexity index is 635. The number of anilines is 1. The topological polar surface area (TPSA) is 86.7 Å². The maximum atomic E-state index is 12.1. The molecule has 1 saturated carbocycles. The van der Waals surface area contributed by atoms with E-state index in [2.05, 4.69) is 5.32 Å². The van der Waals surface area contributed by atoms with E-state index in [0.29, 0.717) is 37.2 Å². The van der Waals surface area contributed by atoms with Crippen LogP contribution in [0.25, 0.3) is 0 Å². The highest BCUT2D eigenvalue weighted by molar-refractivity contribution is 6.41. The lowest BCUT2D eigenvalue weighted by molar-refractivity contribution is -0.143. The number of benzene rings is 1. The van der Waals surface area contributed by atoms with Crippen LogP contribution < -0.4 is 10.2 Å². The van der Waals surface area contributed by atoms with Crippen molar-refractivity contribution in [2.24, 2.45) is 0 Å². The Hall–Kier alpha value is -2.37. The Morgan fingerprint density at radius 1 is 1.18 bits per heavy atom. The summed E-state index contributed by atoms with van der Waals surface area (Å²) in [5.41, 5.74) is 0.236. The first-order valence-electron chi connectivity index (χ1n) is 7.49. The van der Waals surface area contributed by atoms with Crippen LogP contribution in [-0.4, -0.2) is 36.0 Å². The van der Waals surface area contributed by atoms with Crippen molar-refractivity contribution in [3.63, 3.8) is 0 Å². The van der Waals surface area contributed by atoms with Crippen LogP contribution in [0.1, 0.15) is 31.2 Å². The summed E-state index contributed by atoms with van der Waals surface area (Å²) in [6.07, 6.45) is 2.84. The van der Waals surface area contributed by atoms with Crippen molar-refractivity contribution in [2.75, 3.05) is 18.0 Å². The van der Waals surface area contributed by atoms with Gasteiger partial charge in [-0.1, -0.05) is 31.0 Å². The van der Waals surface area contributed by atoms with Crippen LogP contribution in [-0.2, 0) is 19.8 Å². The maximum absolute atomic E-state index is 12.1. The van der Waals surface area contributed by atoms with Crippen molar-refractivity contribution in [3.05, 3.63) is 29.8 Å². The quantitative estimate of drug-likeness (QED) is 0.817. The van der Waals surface area contributed by atoms with Crippen molar-refractivity contribution in [2.45, 2.75) is 31.1 Å². The highest BCUT2D eigenvalue weighted by Gasteiger charge is 2.45. The molecule has 1 saturated heterocycles. The third-order valence-electron chi connectivity index (χ3n) is 4.64. The third kappa shape index (κ3) is 2.15. The number of hydrogen-bond donors (Lipinski definition) is 2. The molecule has 2 aliphatic rings. The molecule has 0 aromatic heterocycles. The highest BCUT2D eigenvalue weighted by atomic mass is 16.4. The minimum absolute atomic E-state index is 0.358. The van der Waals surface area contributed by atoms with E-state index in [1.807, 2.05) is 0 Å². The molecular weight excluding hydrogens is 284 g/mol. The number of nitrogens with one attached hydrogen (secondary N) is 1. The smallest absolute Gasteiger partial charge is 0.316 e. The van der Waals surface area contributed by atoms with Gasteiger partial charge in [-0.25, -0.2) is 0 Å². The normalized spacial score (nSPS) is 20.8. The highest BCUT2D eigenvalue weighted by Crippen LogP contribution is 2.45. The molecule has 1 aromatic carbocycles. The van der Waals surface area contributed by atoms with E-state index >= 15 is 0 Å². The number of aliphatic carboxylic acids is 1. The first-order valence-corrected chi connectivity index (χ1v) is 7.49. The summed E-state index contributed by atoms with van der Waals surface area (Å²) in [6.45, 7) is 0.732. The van der Waals surface area contributed by atoms with E-state index in [1.54, 1.807) is 24.3 Å². The van der Waals surface area contributed by atoms with Crippen LogP contribution in [0.2, 0.25) is 0 Å². The number of carboxylic acids is 1. The summed E-state index contributed by atoms with van der Waals surface area (Å²) in [7, 11) is 0. The summed E-state index contributed by atoms with van der Waals surface area (Å²) in [5.74, 6) is -2.12. The fourth-order valence-corrected chi connectivity index (χ4v) is 3.50. The molecule has 2 fully saturated rings. The zero-order valence-electron chi connectivity index (χ0n) is 12.2. The van der Waals surface area contributed by atoms with Gasteiger partial charge in [-0.05, 0) is 24.5 Å². The molecule has 0 bridgehead atoms. The van der Waals surface area contributed by atoms with E-state index in [4.69, 9.17) is 0 Å². The number of para-hydroxylation sites is 1. The lowest BCUT2D eigenvalue weighted by Crippen LogP contribution is -2.53. The van der Waals surface area contributed by atoms with Gasteiger partial charge in [0, 0.05) is 18.8 Å². The molecule has 0 spiro atoms. The minimum Gasteiger partial charge on any atom is -0.481 e. The van der Waals surface area contributed by atoms with Crippen LogP contribution in [0, 0.1) is 0 Å². The van der Waals surface area contributed by atoms with Crippen LogP contribution >= 0.6 is 0 Å². The van der Waals surface area contributed by atoms with Gasteiger partial charge in [-0.15, -0.1) is 0 Å². The van der Waals surface area contributed by atoms with Crippen molar-refractivity contribution in [1.29, 1.82) is 0 Å². The number of rotatable bonds is 3. The minimum atomic E-state index is -0.954. The molecule has 22 heavy (non-hydrogen) atoms. The average molecular weight is 302 g/mol. The van der Waals surface area contributed by atoms with E-state index in [0.717, 1.165) is 12.8 Å². The fraction of sp³-hybridized carbons (Fsp3) is 0.438. The zero-order chi connectivity index (χ0) is 15.7. The second kappa shape index (κ2) is 5.44. The molecule has 1 heterocycles. The zero-order valence-corrected chi connectivity index (χ0v) is 12.2. The van der Waals surface area contributed by atoms with Crippen LogP contribution in [0.4, 0.5) is 5.69 Å². The van der Waals surface area contributed by atoms with Gasteiger partial charge >= 0.3 is 17.8 Å². The van der Waals surface area contributed by atoms with Crippen LogP contribution in [0.15, 0.2) is 24.3 Å². The van der Waals surface area contributed by atoms with Crippen molar-refractivity contribution < 1.29 is 19.5 Å². The summed E-state index contributed by atoms with van der Waals surface area (Å²) >= 11 is 0. The molecule has 0 atom stereocenters. The van der Waals surface area contributed by atoms with Crippen molar-refractivity contribution in [3.8, 4) is 0 Å². The molecule has 6 nitrogen and oxygen atoms in total. The van der Waals surface area contributed by atoms with Gasteiger partial charge in [-0.3, -0.25) is 14.4 Å². The van der Waals surface area contributed by atoms with Gasteiger partial charge < -0.3 is 15.3 Å². The Kier molecular flexibility index (Phi) is 3.60. The summed E-state index contributed by atoms with van der Waals surface area (Å²) in [5, 5.41) is 12.3. The Morgan fingerprint density at radius 3 is 2.55 bits per heavy atom. The lowest BCUT2D eigenvalue weighted by atomic mass is 9.77. The molecule has 2 amide bonds. The molecule has 1 aliphatic carbocycles. The largest absolute Gasteiger partial charge is 0.481 e. The van der Waals surface area contributed by atoms with E-state index in [1.165, 1.54) is 4.90 Å². The van der Waals surface area contributed by atoms with E-state index in [-0.39, 0.29) is 0 Å². The first kappa shape index (κ1) is 14.6. The Morgan fingerprint density at radius 2 is 1.86 bits per heavy atom. The summed E-state index contributed by atoms with van der Waals surface area (Å²) in [6, 6.07) is 7.06. The fourth-order valence-electron chi connectivity index (χ4n) is 3.50. The van der Waals surface area contributed by atoms with Crippen molar-refractivity contribution >= 4 is 23.5 Å². The van der Waals surface area contributed by atoms with Gasteiger partial charge in [0.05, 0.1) is 5.41 Å². The van der Waals surface area contributed by atoms with Gasteiger partial charge in [-0.2, -0.15) is 0 Å². The molecule has 116 valence electrons. The molecule has 2 N–H and O–H groups in total. The van der Waals surface area contributed by atoms with Gasteiger partial charge in [0.2, 0.25) is 0 Å². The summed E-state index contributed by atoms with van der Waals surface area (Å²) in [4.78, 5) is 37.1. The number of hydrogen-bond acceptors (Lipinski definition) is 3. The first-order chi connectivity index (χ1) is 10.6. The number of carbonyl (C=O) groups excluding carboxylic acids is 2. The molecule has 6 heteroatoms. The molecule has 1 aliphatic heterocycles. The number of carboxylic acid groups (broad SMARTS) is 1. The van der Waals surface area contributed by atoms with E-state index < -0.39 is 23.2 Å². The number of carbonyl (C=O) groups is 3. The molecule has 3 rings (SSSR count). The monoisotopic (exact) mass is 302 g/mol. The van der Waals surface area contributed by atoms with Crippen LogP contribution in [0.5, 0.6) is 0 Å². The number of nitrogens with zero attached hydrogens (tertiary/aromatic N) is 1. The predicted molar refractivity (Wildman–Crippen MR) is 79.6 cm³/mol.